The van der Waals surface area contributed by atoms with Crippen molar-refractivity contribution >= 4 is 17.5 Å². The van der Waals surface area contributed by atoms with Crippen LogP contribution in [0.5, 0.6) is 5.75 Å². The molecule has 28 heavy (non-hydrogen) atoms. The Balaban J connectivity index is 1.30. The van der Waals surface area contributed by atoms with E-state index < -0.39 is 0 Å². The van der Waals surface area contributed by atoms with Crippen LogP contribution in [0.15, 0.2) is 42.5 Å². The van der Waals surface area contributed by atoms with E-state index in [9.17, 15) is 9.59 Å². The van der Waals surface area contributed by atoms with E-state index in [4.69, 9.17) is 4.74 Å². The molecular formula is C23H26N2O3. The SMILES string of the molecule is Cc1ccc(CCC2CCN(C(=O)c3ccc4c(c3)OCC(=O)N4)CC2)cc1. The zero-order chi connectivity index (χ0) is 19.5. The minimum absolute atomic E-state index is 0.00296. The monoisotopic (exact) mass is 378 g/mol. The Morgan fingerprint density at radius 2 is 1.89 bits per heavy atom. The smallest absolute Gasteiger partial charge is 0.262 e. The summed E-state index contributed by atoms with van der Waals surface area (Å²) >= 11 is 0. The summed E-state index contributed by atoms with van der Waals surface area (Å²) in [6, 6.07) is 14.0. The van der Waals surface area contributed by atoms with Gasteiger partial charge in [0.05, 0.1) is 5.69 Å². The van der Waals surface area contributed by atoms with Crippen LogP contribution in [0.1, 0.15) is 40.7 Å². The molecule has 5 nitrogen and oxygen atoms in total. The first-order valence-electron chi connectivity index (χ1n) is 10.00. The van der Waals surface area contributed by atoms with Gasteiger partial charge in [-0.25, -0.2) is 0 Å². The second-order valence-electron chi connectivity index (χ2n) is 7.81. The maximum absolute atomic E-state index is 12.9. The van der Waals surface area contributed by atoms with Crippen molar-refractivity contribution in [2.75, 3.05) is 25.0 Å². The number of piperidine rings is 1. The average Bonchev–Trinajstić information content (AvgIpc) is 2.73. The Labute approximate surface area is 165 Å². The summed E-state index contributed by atoms with van der Waals surface area (Å²) in [5.74, 6) is 1.12. The molecule has 0 atom stereocenters. The number of nitrogens with one attached hydrogen (secondary N) is 1. The average molecular weight is 378 g/mol. The van der Waals surface area contributed by atoms with Gasteiger partial charge in [0.25, 0.3) is 11.8 Å². The molecule has 2 amide bonds. The quantitative estimate of drug-likeness (QED) is 0.880. The van der Waals surface area contributed by atoms with Crippen molar-refractivity contribution in [1.29, 1.82) is 0 Å². The van der Waals surface area contributed by atoms with E-state index in [0.29, 0.717) is 22.9 Å². The predicted molar refractivity (Wildman–Crippen MR) is 109 cm³/mol. The summed E-state index contributed by atoms with van der Waals surface area (Å²) in [5, 5.41) is 2.75. The predicted octanol–water partition coefficient (Wildman–Crippen LogP) is 3.81. The standard InChI is InChI=1S/C23H26N2O3/c1-16-2-4-17(5-3-16)6-7-18-10-12-25(13-11-18)23(27)19-8-9-20-21(14-19)28-15-22(26)24-20/h2-5,8-9,14,18H,6-7,10-13,15H2,1H3,(H,24,26). The van der Waals surface area contributed by atoms with Gasteiger partial charge >= 0.3 is 0 Å². The minimum Gasteiger partial charge on any atom is -0.482 e. The van der Waals surface area contributed by atoms with Gasteiger partial charge < -0.3 is 15.0 Å². The van der Waals surface area contributed by atoms with Crippen molar-refractivity contribution < 1.29 is 14.3 Å². The molecular weight excluding hydrogens is 352 g/mol. The number of aryl methyl sites for hydroxylation is 2. The number of hydrogen-bond acceptors (Lipinski definition) is 3. The van der Waals surface area contributed by atoms with Gasteiger partial charge in [0.1, 0.15) is 5.75 Å². The Morgan fingerprint density at radius 1 is 1.14 bits per heavy atom. The molecule has 0 saturated carbocycles. The number of fused-ring (bicyclic) bond motifs is 1. The van der Waals surface area contributed by atoms with E-state index in [1.165, 1.54) is 17.5 Å². The minimum atomic E-state index is -0.167. The van der Waals surface area contributed by atoms with Gasteiger partial charge in [-0.05, 0) is 62.3 Å². The Hall–Kier alpha value is -2.82. The van der Waals surface area contributed by atoms with Crippen LogP contribution in [-0.4, -0.2) is 36.4 Å². The van der Waals surface area contributed by atoms with Crippen LogP contribution in [0.25, 0.3) is 0 Å². The lowest BCUT2D eigenvalue weighted by molar-refractivity contribution is -0.118. The van der Waals surface area contributed by atoms with E-state index in [2.05, 4.69) is 36.5 Å². The van der Waals surface area contributed by atoms with E-state index in [-0.39, 0.29) is 18.4 Å². The normalized spacial score (nSPS) is 16.9. The topological polar surface area (TPSA) is 58.6 Å². The first kappa shape index (κ1) is 18.5. The summed E-state index contributed by atoms with van der Waals surface area (Å²) in [5.41, 5.74) is 3.94. The van der Waals surface area contributed by atoms with Gasteiger partial charge in [0, 0.05) is 18.7 Å². The Morgan fingerprint density at radius 3 is 2.64 bits per heavy atom. The molecule has 0 unspecified atom stereocenters. The van der Waals surface area contributed by atoms with Gasteiger partial charge in [-0.3, -0.25) is 9.59 Å². The van der Waals surface area contributed by atoms with E-state index in [0.717, 1.165) is 32.4 Å². The van der Waals surface area contributed by atoms with Crippen LogP contribution in [-0.2, 0) is 11.2 Å². The van der Waals surface area contributed by atoms with Crippen molar-refractivity contribution in [3.8, 4) is 5.75 Å². The summed E-state index contributed by atoms with van der Waals surface area (Å²) < 4.78 is 5.43. The summed E-state index contributed by atoms with van der Waals surface area (Å²) in [6.45, 7) is 3.70. The van der Waals surface area contributed by atoms with Gasteiger partial charge in [-0.15, -0.1) is 0 Å². The van der Waals surface area contributed by atoms with E-state index >= 15 is 0 Å². The van der Waals surface area contributed by atoms with Crippen LogP contribution in [0.4, 0.5) is 5.69 Å². The number of likely N-dealkylation sites (tertiary alicyclic amines) is 1. The highest BCUT2D eigenvalue weighted by Crippen LogP contribution is 2.30. The summed E-state index contributed by atoms with van der Waals surface area (Å²) in [4.78, 5) is 26.2. The summed E-state index contributed by atoms with van der Waals surface area (Å²) in [7, 11) is 0. The molecule has 2 aliphatic rings. The largest absolute Gasteiger partial charge is 0.482 e. The van der Waals surface area contributed by atoms with Crippen molar-refractivity contribution in [2.24, 2.45) is 5.92 Å². The molecule has 5 heteroatoms. The van der Waals surface area contributed by atoms with Gasteiger partial charge in [0.2, 0.25) is 0 Å². The first-order chi connectivity index (χ1) is 13.6. The molecule has 0 bridgehead atoms. The molecule has 1 N–H and O–H groups in total. The molecule has 2 heterocycles. The molecule has 2 aromatic rings. The zero-order valence-electron chi connectivity index (χ0n) is 16.2. The molecule has 2 aromatic carbocycles. The molecule has 1 saturated heterocycles. The Kier molecular flexibility index (Phi) is 5.33. The molecule has 0 spiro atoms. The van der Waals surface area contributed by atoms with E-state index in [1.807, 2.05) is 4.90 Å². The number of hydrogen-bond donors (Lipinski definition) is 1. The van der Waals surface area contributed by atoms with Gasteiger partial charge in [-0.2, -0.15) is 0 Å². The molecule has 2 aliphatic heterocycles. The fourth-order valence-electron chi connectivity index (χ4n) is 3.94. The highest BCUT2D eigenvalue weighted by atomic mass is 16.5. The van der Waals surface area contributed by atoms with Crippen molar-refractivity contribution in [1.82, 2.24) is 4.90 Å². The number of carbonyl (C=O) groups is 2. The fraction of sp³-hybridized carbons (Fsp3) is 0.391. The zero-order valence-corrected chi connectivity index (χ0v) is 16.2. The Bertz CT molecular complexity index is 868. The van der Waals surface area contributed by atoms with Crippen LogP contribution in [0.2, 0.25) is 0 Å². The lowest BCUT2D eigenvalue weighted by Gasteiger charge is -2.32. The third-order valence-electron chi connectivity index (χ3n) is 5.73. The van der Waals surface area contributed by atoms with Gasteiger partial charge in [-0.1, -0.05) is 29.8 Å². The second-order valence-corrected chi connectivity index (χ2v) is 7.81. The first-order valence-corrected chi connectivity index (χ1v) is 10.00. The third-order valence-corrected chi connectivity index (χ3v) is 5.73. The van der Waals surface area contributed by atoms with Crippen LogP contribution < -0.4 is 10.1 Å². The summed E-state index contributed by atoms with van der Waals surface area (Å²) in [6.07, 6.45) is 4.38. The highest BCUT2D eigenvalue weighted by Gasteiger charge is 2.25. The van der Waals surface area contributed by atoms with E-state index in [1.54, 1.807) is 18.2 Å². The van der Waals surface area contributed by atoms with Crippen molar-refractivity contribution in [3.05, 3.63) is 59.2 Å². The number of benzene rings is 2. The van der Waals surface area contributed by atoms with Crippen molar-refractivity contribution in [3.63, 3.8) is 0 Å². The number of nitrogens with zero attached hydrogens (tertiary/aromatic N) is 1. The fourth-order valence-corrected chi connectivity index (χ4v) is 3.94. The molecule has 146 valence electrons. The number of anilines is 1. The number of rotatable bonds is 4. The van der Waals surface area contributed by atoms with Crippen LogP contribution >= 0.6 is 0 Å². The highest BCUT2D eigenvalue weighted by molar-refractivity contribution is 5.99. The maximum Gasteiger partial charge on any atom is 0.262 e. The lowest BCUT2D eigenvalue weighted by atomic mass is 9.90. The molecule has 0 radical (unpaired) electrons. The van der Waals surface area contributed by atoms with Crippen molar-refractivity contribution in [2.45, 2.75) is 32.6 Å². The second kappa shape index (κ2) is 8.05. The third kappa shape index (κ3) is 4.19. The lowest BCUT2D eigenvalue weighted by Crippen LogP contribution is -2.38. The van der Waals surface area contributed by atoms with Crippen LogP contribution in [0.3, 0.4) is 0 Å². The number of carbonyl (C=O) groups excluding carboxylic acids is 2. The maximum atomic E-state index is 12.9. The molecule has 4 rings (SSSR count). The van der Waals surface area contributed by atoms with Gasteiger partial charge in [0.15, 0.2) is 6.61 Å². The number of ether oxygens (including phenoxy) is 1. The molecule has 0 aromatic heterocycles. The number of amides is 2. The molecule has 1 fully saturated rings. The van der Waals surface area contributed by atoms with Crippen LogP contribution in [0, 0.1) is 12.8 Å². The molecule has 0 aliphatic carbocycles.